The summed E-state index contributed by atoms with van der Waals surface area (Å²) >= 11 is 5.28. The molecule has 3 rings (SSSR count). The summed E-state index contributed by atoms with van der Waals surface area (Å²) in [6.07, 6.45) is 1.55. The van der Waals surface area contributed by atoms with E-state index in [0.717, 1.165) is 16.7 Å². The predicted molar refractivity (Wildman–Crippen MR) is 116 cm³/mol. The number of carbonyl (C=O) groups excluding carboxylic acids is 2. The molecule has 2 amide bonds. The third kappa shape index (κ3) is 3.86. The van der Waals surface area contributed by atoms with Crippen molar-refractivity contribution in [2.24, 2.45) is 0 Å². The fourth-order valence-electron chi connectivity index (χ4n) is 3.24. The normalized spacial score (nSPS) is 15.6. The monoisotopic (exact) mass is 410 g/mol. The van der Waals surface area contributed by atoms with Gasteiger partial charge in [0.05, 0.1) is 19.9 Å². The van der Waals surface area contributed by atoms with Crippen LogP contribution in [0.3, 0.4) is 0 Å². The molecule has 0 aliphatic carbocycles. The molecule has 1 aliphatic heterocycles. The van der Waals surface area contributed by atoms with Crippen LogP contribution in [0.15, 0.2) is 35.9 Å². The van der Waals surface area contributed by atoms with Crippen LogP contribution in [0.5, 0.6) is 11.5 Å². The van der Waals surface area contributed by atoms with Crippen molar-refractivity contribution < 1.29 is 19.1 Å². The summed E-state index contributed by atoms with van der Waals surface area (Å²) in [5.74, 6) is 0.0788. The quantitative estimate of drug-likeness (QED) is 0.475. The van der Waals surface area contributed by atoms with Crippen molar-refractivity contribution >= 4 is 40.9 Å². The highest BCUT2D eigenvalue weighted by atomic mass is 32.1. The number of aryl methyl sites for hydroxylation is 3. The van der Waals surface area contributed by atoms with E-state index in [0.29, 0.717) is 22.7 Å². The molecule has 0 atom stereocenters. The Balaban J connectivity index is 2.08. The van der Waals surface area contributed by atoms with Crippen molar-refractivity contribution in [3.63, 3.8) is 0 Å². The van der Waals surface area contributed by atoms with Gasteiger partial charge in [0.15, 0.2) is 16.6 Å². The molecule has 1 saturated heterocycles. The average molecular weight is 410 g/mol. The highest BCUT2D eigenvalue weighted by Gasteiger charge is 2.35. The first kappa shape index (κ1) is 20.5. The summed E-state index contributed by atoms with van der Waals surface area (Å²) in [7, 11) is 3.08. The van der Waals surface area contributed by atoms with Crippen LogP contribution >= 0.6 is 12.2 Å². The minimum Gasteiger partial charge on any atom is -0.493 e. The number of nitrogens with one attached hydrogen (secondary N) is 1. The van der Waals surface area contributed by atoms with Crippen molar-refractivity contribution in [1.29, 1.82) is 0 Å². The van der Waals surface area contributed by atoms with Gasteiger partial charge >= 0.3 is 0 Å². The van der Waals surface area contributed by atoms with Gasteiger partial charge in [0, 0.05) is 0 Å². The number of carbonyl (C=O) groups is 2. The summed E-state index contributed by atoms with van der Waals surface area (Å²) in [6, 6.07) is 9.21. The molecule has 6 nitrogen and oxygen atoms in total. The fourth-order valence-corrected chi connectivity index (χ4v) is 3.51. The van der Waals surface area contributed by atoms with Crippen molar-refractivity contribution in [3.8, 4) is 11.5 Å². The molecule has 1 N–H and O–H groups in total. The van der Waals surface area contributed by atoms with Crippen LogP contribution in [0.25, 0.3) is 6.08 Å². The Hall–Kier alpha value is -3.19. The summed E-state index contributed by atoms with van der Waals surface area (Å²) in [6.45, 7) is 5.74. The largest absolute Gasteiger partial charge is 0.493 e. The Morgan fingerprint density at radius 1 is 0.966 bits per heavy atom. The lowest BCUT2D eigenvalue weighted by Crippen LogP contribution is -2.54. The van der Waals surface area contributed by atoms with Gasteiger partial charge in [-0.1, -0.05) is 17.7 Å². The van der Waals surface area contributed by atoms with Crippen LogP contribution in [0.4, 0.5) is 5.69 Å². The smallest absolute Gasteiger partial charge is 0.270 e. The third-order valence-corrected chi connectivity index (χ3v) is 5.05. The molecule has 0 radical (unpaired) electrons. The molecule has 2 aromatic rings. The van der Waals surface area contributed by atoms with E-state index < -0.39 is 11.8 Å². The summed E-state index contributed by atoms with van der Waals surface area (Å²) < 4.78 is 10.6. The molecule has 1 aliphatic rings. The number of methoxy groups -OCH3 is 2. The van der Waals surface area contributed by atoms with Gasteiger partial charge in [0.25, 0.3) is 11.8 Å². The van der Waals surface area contributed by atoms with E-state index in [-0.39, 0.29) is 10.7 Å². The number of nitrogens with zero attached hydrogens (tertiary/aromatic N) is 1. The standard InChI is InChI=1S/C22H22N2O4S/c1-12-6-7-17(14(3)8-12)24-21(26)16(20(25)23-22(24)29)10-15-11-19(28-5)18(27-4)9-13(15)2/h6-11H,1-5H3,(H,23,25,29). The first-order valence-electron chi connectivity index (χ1n) is 8.98. The van der Waals surface area contributed by atoms with Crippen molar-refractivity contribution in [2.45, 2.75) is 20.8 Å². The van der Waals surface area contributed by atoms with Crippen LogP contribution in [-0.2, 0) is 9.59 Å². The van der Waals surface area contributed by atoms with Crippen molar-refractivity contribution in [1.82, 2.24) is 5.32 Å². The van der Waals surface area contributed by atoms with Crippen LogP contribution in [0.1, 0.15) is 22.3 Å². The highest BCUT2D eigenvalue weighted by molar-refractivity contribution is 7.80. The van der Waals surface area contributed by atoms with E-state index in [1.165, 1.54) is 12.0 Å². The van der Waals surface area contributed by atoms with Crippen LogP contribution in [0.2, 0.25) is 0 Å². The second kappa shape index (κ2) is 8.05. The van der Waals surface area contributed by atoms with E-state index in [1.807, 2.05) is 39.0 Å². The van der Waals surface area contributed by atoms with Crippen LogP contribution in [0, 0.1) is 20.8 Å². The Labute approximate surface area is 175 Å². The average Bonchev–Trinajstić information content (AvgIpc) is 2.67. The number of thiocarbonyl (C=S) groups is 1. The topological polar surface area (TPSA) is 67.9 Å². The second-order valence-corrected chi connectivity index (χ2v) is 7.20. The number of ether oxygens (including phenoxy) is 2. The van der Waals surface area contributed by atoms with Gasteiger partial charge < -0.3 is 9.47 Å². The molecule has 0 saturated carbocycles. The Bertz CT molecular complexity index is 1060. The van der Waals surface area contributed by atoms with E-state index in [2.05, 4.69) is 5.32 Å². The lowest BCUT2D eigenvalue weighted by molar-refractivity contribution is -0.122. The Kier molecular flexibility index (Phi) is 5.70. The van der Waals surface area contributed by atoms with Crippen molar-refractivity contribution in [2.75, 3.05) is 19.1 Å². The molecule has 1 fully saturated rings. The maximum atomic E-state index is 13.2. The second-order valence-electron chi connectivity index (χ2n) is 6.81. The molecule has 29 heavy (non-hydrogen) atoms. The molecule has 0 bridgehead atoms. The molecule has 0 unspecified atom stereocenters. The lowest BCUT2D eigenvalue weighted by Gasteiger charge is -2.30. The number of benzene rings is 2. The van der Waals surface area contributed by atoms with Gasteiger partial charge in [-0.25, -0.2) is 0 Å². The minimum absolute atomic E-state index is 0.00565. The third-order valence-electron chi connectivity index (χ3n) is 4.77. The number of anilines is 1. The summed E-state index contributed by atoms with van der Waals surface area (Å²) in [5.41, 5.74) is 4.10. The van der Waals surface area contributed by atoms with Gasteiger partial charge in [-0.05, 0) is 74.0 Å². The van der Waals surface area contributed by atoms with E-state index in [1.54, 1.807) is 25.3 Å². The predicted octanol–water partition coefficient (Wildman–Crippen LogP) is 3.46. The van der Waals surface area contributed by atoms with E-state index in [9.17, 15) is 9.59 Å². The van der Waals surface area contributed by atoms with Gasteiger partial charge in [0.2, 0.25) is 0 Å². The number of hydrogen-bond acceptors (Lipinski definition) is 5. The van der Waals surface area contributed by atoms with E-state index in [4.69, 9.17) is 21.7 Å². The Morgan fingerprint density at radius 3 is 2.24 bits per heavy atom. The first-order valence-corrected chi connectivity index (χ1v) is 9.39. The minimum atomic E-state index is -0.532. The highest BCUT2D eigenvalue weighted by Crippen LogP contribution is 2.32. The van der Waals surface area contributed by atoms with E-state index >= 15 is 0 Å². The molecule has 1 heterocycles. The lowest BCUT2D eigenvalue weighted by atomic mass is 10.0. The van der Waals surface area contributed by atoms with Gasteiger partial charge in [-0.2, -0.15) is 0 Å². The number of rotatable bonds is 4. The van der Waals surface area contributed by atoms with Gasteiger partial charge in [-0.3, -0.25) is 19.8 Å². The zero-order valence-corrected chi connectivity index (χ0v) is 17.8. The molecular formula is C22H22N2O4S. The SMILES string of the molecule is COc1cc(C)c(C=C2C(=O)NC(=S)N(c3ccc(C)cc3C)C2=O)cc1OC. The maximum Gasteiger partial charge on any atom is 0.270 e. The maximum absolute atomic E-state index is 13.2. The molecular weight excluding hydrogens is 388 g/mol. The molecule has 2 aromatic carbocycles. The first-order chi connectivity index (χ1) is 13.8. The van der Waals surface area contributed by atoms with Gasteiger partial charge in [0.1, 0.15) is 5.57 Å². The zero-order chi connectivity index (χ0) is 21.3. The fraction of sp³-hybridized carbons (Fsp3) is 0.227. The molecule has 0 spiro atoms. The van der Waals surface area contributed by atoms with Crippen LogP contribution < -0.4 is 19.7 Å². The van der Waals surface area contributed by atoms with Gasteiger partial charge in [-0.15, -0.1) is 0 Å². The molecule has 7 heteroatoms. The molecule has 0 aromatic heterocycles. The number of hydrogen-bond donors (Lipinski definition) is 1. The summed E-state index contributed by atoms with van der Waals surface area (Å²) in [4.78, 5) is 27.1. The summed E-state index contributed by atoms with van der Waals surface area (Å²) in [5, 5.41) is 2.68. The Morgan fingerprint density at radius 2 is 1.62 bits per heavy atom. The number of amides is 2. The molecule has 150 valence electrons. The van der Waals surface area contributed by atoms with Crippen LogP contribution in [-0.4, -0.2) is 31.1 Å². The van der Waals surface area contributed by atoms with Crippen molar-refractivity contribution in [3.05, 3.63) is 58.2 Å². The zero-order valence-electron chi connectivity index (χ0n) is 17.0.